The van der Waals surface area contributed by atoms with Gasteiger partial charge in [-0.25, -0.2) is 9.97 Å². The van der Waals surface area contributed by atoms with Gasteiger partial charge in [-0.3, -0.25) is 9.78 Å². The highest BCUT2D eigenvalue weighted by Gasteiger charge is 2.35. The Kier molecular flexibility index (Phi) is 5.45. The Morgan fingerprint density at radius 1 is 0.968 bits per heavy atom. The fourth-order valence-corrected chi connectivity index (χ4v) is 3.33. The van der Waals surface area contributed by atoms with Crippen molar-refractivity contribution in [2.24, 2.45) is 0 Å². The Morgan fingerprint density at radius 3 is 2.32 bits per heavy atom. The number of aromatic hydroxyl groups is 1. The summed E-state index contributed by atoms with van der Waals surface area (Å²) >= 11 is 0. The van der Waals surface area contributed by atoms with E-state index in [2.05, 4.69) is 15.0 Å². The summed E-state index contributed by atoms with van der Waals surface area (Å²) in [6.07, 6.45) is -1.69. The van der Waals surface area contributed by atoms with Crippen molar-refractivity contribution < 1.29 is 23.1 Å². The normalized spacial score (nSPS) is 14.5. The average Bonchev–Trinajstić information content (AvgIpc) is 2.78. The lowest BCUT2D eigenvalue weighted by molar-refractivity contribution is -0.141. The maximum atomic E-state index is 13.4. The zero-order chi connectivity index (χ0) is 22.0. The number of pyridine rings is 1. The number of hydrogen-bond acceptors (Lipinski definition) is 6. The number of phenolic OH excluding ortho intramolecular Hbond substituents is 1. The molecule has 3 heterocycles. The molecule has 10 heteroatoms. The second-order valence-corrected chi connectivity index (χ2v) is 7.00. The summed E-state index contributed by atoms with van der Waals surface area (Å²) in [4.78, 5) is 27.8. The van der Waals surface area contributed by atoms with E-state index in [9.17, 15) is 23.1 Å². The molecule has 1 aliphatic heterocycles. The van der Waals surface area contributed by atoms with Crippen LogP contribution in [-0.2, 0) is 6.18 Å². The Bertz CT molecular complexity index is 1080. The van der Waals surface area contributed by atoms with Crippen molar-refractivity contribution in [3.8, 4) is 17.1 Å². The molecule has 0 bridgehead atoms. The van der Waals surface area contributed by atoms with Crippen LogP contribution in [0.4, 0.5) is 19.0 Å². The standard InChI is InChI=1S/C21H18F3N5O2/c22-21(23,24)17-13-18(27-19(26-17)14-4-6-25-7-5-14)28-8-10-29(11-9-28)20(31)15-2-1-3-16(30)12-15/h1-7,12-13,30H,8-11H2. The third-order valence-corrected chi connectivity index (χ3v) is 4.93. The molecule has 31 heavy (non-hydrogen) atoms. The second kappa shape index (κ2) is 8.21. The number of benzene rings is 1. The molecule has 4 rings (SSSR count). The number of carbonyl (C=O) groups excluding carboxylic acids is 1. The lowest BCUT2D eigenvalue weighted by Crippen LogP contribution is -2.49. The van der Waals surface area contributed by atoms with Crippen LogP contribution in [0.2, 0.25) is 0 Å². The number of amides is 1. The Labute approximate surface area is 175 Å². The molecular weight excluding hydrogens is 411 g/mol. The first-order valence-corrected chi connectivity index (χ1v) is 9.51. The highest BCUT2D eigenvalue weighted by Crippen LogP contribution is 2.32. The topological polar surface area (TPSA) is 82.5 Å². The molecule has 1 N–H and O–H groups in total. The molecule has 1 amide bonds. The Morgan fingerprint density at radius 2 is 1.68 bits per heavy atom. The van der Waals surface area contributed by atoms with Crippen LogP contribution in [0.3, 0.4) is 0 Å². The van der Waals surface area contributed by atoms with Crippen LogP contribution in [0.25, 0.3) is 11.4 Å². The summed E-state index contributed by atoms with van der Waals surface area (Å²) in [6.45, 7) is 1.25. The molecule has 160 valence electrons. The van der Waals surface area contributed by atoms with Crippen molar-refractivity contribution >= 4 is 11.7 Å². The van der Waals surface area contributed by atoms with E-state index >= 15 is 0 Å². The lowest BCUT2D eigenvalue weighted by Gasteiger charge is -2.35. The zero-order valence-electron chi connectivity index (χ0n) is 16.3. The number of aromatic nitrogens is 3. The Hall–Kier alpha value is -3.69. The van der Waals surface area contributed by atoms with Crippen LogP contribution in [0.5, 0.6) is 5.75 Å². The van der Waals surface area contributed by atoms with E-state index in [1.165, 1.54) is 24.5 Å². The fourth-order valence-electron chi connectivity index (χ4n) is 3.33. The van der Waals surface area contributed by atoms with Gasteiger partial charge in [0, 0.05) is 55.8 Å². The van der Waals surface area contributed by atoms with Crippen LogP contribution in [-0.4, -0.2) is 57.0 Å². The molecule has 1 aromatic carbocycles. The van der Waals surface area contributed by atoms with Gasteiger partial charge in [0.15, 0.2) is 11.5 Å². The molecule has 0 saturated carbocycles. The van der Waals surface area contributed by atoms with Crippen molar-refractivity contribution in [2.75, 3.05) is 31.1 Å². The van der Waals surface area contributed by atoms with E-state index in [-0.39, 0.29) is 23.3 Å². The molecule has 1 aliphatic rings. The molecular formula is C21H18F3N5O2. The maximum Gasteiger partial charge on any atom is 0.433 e. The van der Waals surface area contributed by atoms with Gasteiger partial charge in [0.25, 0.3) is 5.91 Å². The van der Waals surface area contributed by atoms with Gasteiger partial charge in [-0.05, 0) is 30.3 Å². The number of phenols is 1. The summed E-state index contributed by atoms with van der Waals surface area (Å²) in [5, 5.41) is 9.57. The minimum Gasteiger partial charge on any atom is -0.508 e. The number of alkyl halides is 3. The van der Waals surface area contributed by atoms with E-state index in [1.807, 2.05) is 0 Å². The fraction of sp³-hybridized carbons (Fsp3) is 0.238. The first-order valence-electron chi connectivity index (χ1n) is 9.51. The van der Waals surface area contributed by atoms with Gasteiger partial charge in [-0.1, -0.05) is 6.07 Å². The molecule has 0 spiro atoms. The van der Waals surface area contributed by atoms with E-state index in [0.717, 1.165) is 6.07 Å². The summed E-state index contributed by atoms with van der Waals surface area (Å²) in [5.74, 6) is -0.135. The Balaban J connectivity index is 1.56. The van der Waals surface area contributed by atoms with Gasteiger partial charge >= 0.3 is 6.18 Å². The molecule has 0 aliphatic carbocycles. The highest BCUT2D eigenvalue weighted by molar-refractivity contribution is 5.94. The first kappa shape index (κ1) is 20.6. The molecule has 2 aromatic heterocycles. The largest absolute Gasteiger partial charge is 0.508 e. The van der Waals surface area contributed by atoms with Crippen molar-refractivity contribution in [3.05, 3.63) is 66.1 Å². The van der Waals surface area contributed by atoms with Gasteiger partial charge in [0.2, 0.25) is 0 Å². The average molecular weight is 429 g/mol. The molecule has 3 aromatic rings. The molecule has 0 atom stereocenters. The van der Waals surface area contributed by atoms with Crippen LogP contribution < -0.4 is 4.90 Å². The van der Waals surface area contributed by atoms with E-state index < -0.39 is 11.9 Å². The second-order valence-electron chi connectivity index (χ2n) is 7.00. The molecule has 0 radical (unpaired) electrons. The number of anilines is 1. The molecule has 7 nitrogen and oxygen atoms in total. The van der Waals surface area contributed by atoms with Gasteiger partial charge in [0.05, 0.1) is 0 Å². The maximum absolute atomic E-state index is 13.4. The van der Waals surface area contributed by atoms with Crippen LogP contribution in [0.1, 0.15) is 16.1 Å². The SMILES string of the molecule is O=C(c1cccc(O)c1)N1CCN(c2cc(C(F)(F)F)nc(-c3ccncc3)n2)CC1. The van der Waals surface area contributed by atoms with Gasteiger partial charge in [-0.15, -0.1) is 0 Å². The molecule has 1 saturated heterocycles. The summed E-state index contributed by atoms with van der Waals surface area (Å²) in [6, 6.07) is 10.1. The van der Waals surface area contributed by atoms with E-state index in [1.54, 1.807) is 34.1 Å². The predicted octanol–water partition coefficient (Wildman–Crippen LogP) is 3.23. The van der Waals surface area contributed by atoms with Crippen molar-refractivity contribution in [2.45, 2.75) is 6.18 Å². The molecule has 1 fully saturated rings. The van der Waals surface area contributed by atoms with Crippen molar-refractivity contribution in [3.63, 3.8) is 0 Å². The summed E-state index contributed by atoms with van der Waals surface area (Å²) < 4.78 is 40.3. The number of halogens is 3. The molecule has 0 unspecified atom stereocenters. The summed E-state index contributed by atoms with van der Waals surface area (Å²) in [7, 11) is 0. The van der Waals surface area contributed by atoms with E-state index in [4.69, 9.17) is 0 Å². The highest BCUT2D eigenvalue weighted by atomic mass is 19.4. The number of rotatable bonds is 3. The number of hydrogen-bond donors (Lipinski definition) is 1. The first-order chi connectivity index (χ1) is 14.8. The van der Waals surface area contributed by atoms with Gasteiger partial charge in [0.1, 0.15) is 11.6 Å². The van der Waals surface area contributed by atoms with Crippen molar-refractivity contribution in [1.29, 1.82) is 0 Å². The van der Waals surface area contributed by atoms with Gasteiger partial charge in [-0.2, -0.15) is 13.2 Å². The number of piperazine rings is 1. The van der Waals surface area contributed by atoms with Crippen LogP contribution >= 0.6 is 0 Å². The zero-order valence-corrected chi connectivity index (χ0v) is 16.3. The predicted molar refractivity (Wildman–Crippen MR) is 106 cm³/mol. The van der Waals surface area contributed by atoms with E-state index in [0.29, 0.717) is 37.3 Å². The summed E-state index contributed by atoms with van der Waals surface area (Å²) in [5.41, 5.74) is -0.238. The minimum absolute atomic E-state index is 0.00575. The lowest BCUT2D eigenvalue weighted by atomic mass is 10.1. The third-order valence-electron chi connectivity index (χ3n) is 4.93. The minimum atomic E-state index is -4.62. The quantitative estimate of drug-likeness (QED) is 0.689. The monoisotopic (exact) mass is 429 g/mol. The number of carbonyl (C=O) groups is 1. The number of nitrogens with zero attached hydrogens (tertiary/aromatic N) is 5. The van der Waals surface area contributed by atoms with Crippen molar-refractivity contribution in [1.82, 2.24) is 19.9 Å². The van der Waals surface area contributed by atoms with Gasteiger partial charge < -0.3 is 14.9 Å². The smallest absolute Gasteiger partial charge is 0.433 e. The third kappa shape index (κ3) is 4.57. The van der Waals surface area contributed by atoms with Crippen LogP contribution in [0, 0.1) is 0 Å². The van der Waals surface area contributed by atoms with Crippen LogP contribution in [0.15, 0.2) is 54.9 Å².